The van der Waals surface area contributed by atoms with Gasteiger partial charge in [-0.05, 0) is 36.2 Å². The molecule has 2 heterocycles. The normalized spacial score (nSPS) is 15.2. The molecular formula is C25H29N3O2. The first-order valence-electron chi connectivity index (χ1n) is 10.7. The highest BCUT2D eigenvalue weighted by molar-refractivity contribution is 5.94. The Labute approximate surface area is 178 Å². The van der Waals surface area contributed by atoms with Gasteiger partial charge < -0.3 is 19.6 Å². The molecule has 5 heteroatoms. The molecule has 1 aliphatic heterocycles. The zero-order valence-corrected chi connectivity index (χ0v) is 17.5. The fourth-order valence-corrected chi connectivity index (χ4v) is 3.88. The second-order valence-corrected chi connectivity index (χ2v) is 7.46. The Morgan fingerprint density at radius 3 is 2.57 bits per heavy atom. The second-order valence-electron chi connectivity index (χ2n) is 7.46. The molecule has 0 unspecified atom stereocenters. The molecule has 1 N–H and O–H groups in total. The highest BCUT2D eigenvalue weighted by Crippen LogP contribution is 2.28. The van der Waals surface area contributed by atoms with E-state index in [0.29, 0.717) is 0 Å². The number of ether oxygens (including phenoxy) is 1. The van der Waals surface area contributed by atoms with E-state index in [2.05, 4.69) is 47.1 Å². The summed E-state index contributed by atoms with van der Waals surface area (Å²) in [4.78, 5) is 9.91. The van der Waals surface area contributed by atoms with Crippen LogP contribution in [-0.2, 0) is 0 Å². The zero-order chi connectivity index (χ0) is 20.8. The molecule has 0 saturated carbocycles. The van der Waals surface area contributed by atoms with E-state index in [1.54, 1.807) is 0 Å². The number of aromatic nitrogens is 1. The molecule has 156 valence electrons. The number of piperazine rings is 1. The van der Waals surface area contributed by atoms with Crippen LogP contribution in [0.3, 0.4) is 0 Å². The molecule has 1 fully saturated rings. The number of hydrogen-bond acceptors (Lipinski definition) is 5. The molecule has 1 aliphatic rings. The lowest BCUT2D eigenvalue weighted by atomic mass is 10.1. The van der Waals surface area contributed by atoms with Crippen molar-refractivity contribution in [3.63, 3.8) is 0 Å². The number of nitrogens with zero attached hydrogens (tertiary/aromatic N) is 3. The van der Waals surface area contributed by atoms with Crippen LogP contribution < -0.4 is 9.64 Å². The monoisotopic (exact) mass is 403 g/mol. The van der Waals surface area contributed by atoms with Crippen LogP contribution >= 0.6 is 0 Å². The number of aliphatic hydroxyl groups excluding tert-OH is 1. The standard InChI is InChI=1S/C25H29N3O2/c1-2-27-13-15-28(16-14-27)25-23-9-5-3-8-21(23)19-22(26-25)12-11-20-7-4-6-10-24(20)30-18-17-29/h3-12,19,29H,2,13-18H2,1H3/b12-11+. The largest absolute Gasteiger partial charge is 0.491 e. The van der Waals surface area contributed by atoms with Crippen molar-refractivity contribution in [3.05, 3.63) is 65.9 Å². The Balaban J connectivity index is 1.65. The average molecular weight is 404 g/mol. The van der Waals surface area contributed by atoms with Crippen LogP contribution in [0.5, 0.6) is 5.75 Å². The molecular weight excluding hydrogens is 374 g/mol. The van der Waals surface area contributed by atoms with Crippen molar-refractivity contribution >= 4 is 28.7 Å². The minimum absolute atomic E-state index is 0.00106. The SMILES string of the molecule is CCN1CCN(c2nc(/C=C/c3ccccc3OCCO)cc3ccccc23)CC1. The maximum atomic E-state index is 9.05. The van der Waals surface area contributed by atoms with E-state index in [0.717, 1.165) is 55.5 Å². The van der Waals surface area contributed by atoms with Crippen LogP contribution in [0.1, 0.15) is 18.2 Å². The number of likely N-dealkylation sites (N-methyl/N-ethyl adjacent to an activating group) is 1. The van der Waals surface area contributed by atoms with Crippen LogP contribution in [0.4, 0.5) is 5.82 Å². The van der Waals surface area contributed by atoms with Gasteiger partial charge in [-0.25, -0.2) is 4.98 Å². The predicted octanol–water partition coefficient (Wildman–Crippen LogP) is 3.92. The molecule has 2 aromatic carbocycles. The first kappa shape index (κ1) is 20.4. The first-order chi connectivity index (χ1) is 14.8. The Morgan fingerprint density at radius 1 is 1.00 bits per heavy atom. The Bertz CT molecular complexity index is 1010. The topological polar surface area (TPSA) is 48.8 Å². The molecule has 30 heavy (non-hydrogen) atoms. The molecule has 1 saturated heterocycles. The van der Waals surface area contributed by atoms with Gasteiger partial charge in [0, 0.05) is 37.1 Å². The highest BCUT2D eigenvalue weighted by Gasteiger charge is 2.19. The van der Waals surface area contributed by atoms with Crippen molar-refractivity contribution in [2.75, 3.05) is 50.8 Å². The molecule has 4 rings (SSSR count). The van der Waals surface area contributed by atoms with E-state index in [9.17, 15) is 0 Å². The summed E-state index contributed by atoms with van der Waals surface area (Å²) in [6.45, 7) is 7.74. The van der Waals surface area contributed by atoms with Crippen LogP contribution in [0.25, 0.3) is 22.9 Å². The fraction of sp³-hybridized carbons (Fsp3) is 0.320. The number of anilines is 1. The summed E-state index contributed by atoms with van der Waals surface area (Å²) in [6.07, 6.45) is 4.07. The second kappa shape index (κ2) is 9.74. The Hall–Kier alpha value is -2.89. The average Bonchev–Trinajstić information content (AvgIpc) is 2.81. The molecule has 3 aromatic rings. The van der Waals surface area contributed by atoms with Crippen LogP contribution in [0, 0.1) is 0 Å². The van der Waals surface area contributed by atoms with Crippen molar-refractivity contribution in [3.8, 4) is 5.75 Å². The van der Waals surface area contributed by atoms with E-state index in [-0.39, 0.29) is 13.2 Å². The fourth-order valence-electron chi connectivity index (χ4n) is 3.88. The number of pyridine rings is 1. The van der Waals surface area contributed by atoms with Gasteiger partial charge in [0.05, 0.1) is 12.3 Å². The zero-order valence-electron chi connectivity index (χ0n) is 17.5. The summed E-state index contributed by atoms with van der Waals surface area (Å²) in [7, 11) is 0. The number of rotatable bonds is 7. The van der Waals surface area contributed by atoms with Crippen molar-refractivity contribution in [1.82, 2.24) is 9.88 Å². The van der Waals surface area contributed by atoms with Gasteiger partial charge in [-0.3, -0.25) is 0 Å². The van der Waals surface area contributed by atoms with Gasteiger partial charge in [0.15, 0.2) is 0 Å². The smallest absolute Gasteiger partial charge is 0.137 e. The summed E-state index contributed by atoms with van der Waals surface area (Å²) in [6, 6.07) is 18.5. The van der Waals surface area contributed by atoms with Crippen molar-refractivity contribution < 1.29 is 9.84 Å². The number of benzene rings is 2. The van der Waals surface area contributed by atoms with Crippen LogP contribution in [0.2, 0.25) is 0 Å². The van der Waals surface area contributed by atoms with E-state index in [1.807, 2.05) is 36.4 Å². The van der Waals surface area contributed by atoms with Gasteiger partial charge in [-0.2, -0.15) is 0 Å². The van der Waals surface area contributed by atoms with Gasteiger partial charge in [-0.1, -0.05) is 49.4 Å². The van der Waals surface area contributed by atoms with Crippen LogP contribution in [-0.4, -0.2) is 60.9 Å². The van der Waals surface area contributed by atoms with Crippen molar-refractivity contribution in [1.29, 1.82) is 0 Å². The lowest BCUT2D eigenvalue weighted by Crippen LogP contribution is -2.46. The summed E-state index contributed by atoms with van der Waals surface area (Å²) in [5.74, 6) is 1.83. The molecule has 0 spiro atoms. The van der Waals surface area contributed by atoms with Gasteiger partial charge >= 0.3 is 0 Å². The number of hydrogen-bond donors (Lipinski definition) is 1. The summed E-state index contributed by atoms with van der Waals surface area (Å²) in [5, 5.41) is 11.5. The van der Waals surface area contributed by atoms with E-state index in [4.69, 9.17) is 14.8 Å². The minimum Gasteiger partial charge on any atom is -0.491 e. The van der Waals surface area contributed by atoms with Crippen molar-refractivity contribution in [2.45, 2.75) is 6.92 Å². The minimum atomic E-state index is -0.00106. The third-order valence-electron chi connectivity index (χ3n) is 5.56. The molecule has 0 bridgehead atoms. The Kier molecular flexibility index (Phi) is 6.62. The lowest BCUT2D eigenvalue weighted by Gasteiger charge is -2.35. The molecule has 0 atom stereocenters. The molecule has 0 amide bonds. The maximum absolute atomic E-state index is 9.05. The van der Waals surface area contributed by atoms with Gasteiger partial charge in [-0.15, -0.1) is 0 Å². The summed E-state index contributed by atoms with van der Waals surface area (Å²) < 4.78 is 5.65. The molecule has 0 aliphatic carbocycles. The van der Waals surface area contributed by atoms with Gasteiger partial charge in [0.1, 0.15) is 18.2 Å². The third-order valence-corrected chi connectivity index (χ3v) is 5.56. The lowest BCUT2D eigenvalue weighted by molar-refractivity contribution is 0.201. The number of para-hydroxylation sites is 1. The molecule has 5 nitrogen and oxygen atoms in total. The highest BCUT2D eigenvalue weighted by atomic mass is 16.5. The van der Waals surface area contributed by atoms with Gasteiger partial charge in [0.2, 0.25) is 0 Å². The number of fused-ring (bicyclic) bond motifs is 1. The summed E-state index contributed by atoms with van der Waals surface area (Å²) >= 11 is 0. The van der Waals surface area contributed by atoms with E-state index >= 15 is 0 Å². The van der Waals surface area contributed by atoms with E-state index < -0.39 is 0 Å². The quantitative estimate of drug-likeness (QED) is 0.648. The van der Waals surface area contributed by atoms with Crippen molar-refractivity contribution in [2.24, 2.45) is 0 Å². The maximum Gasteiger partial charge on any atom is 0.137 e. The number of aliphatic hydroxyl groups is 1. The van der Waals surface area contributed by atoms with E-state index in [1.165, 1.54) is 10.8 Å². The Morgan fingerprint density at radius 2 is 1.77 bits per heavy atom. The first-order valence-corrected chi connectivity index (χ1v) is 10.7. The predicted molar refractivity (Wildman–Crippen MR) is 124 cm³/mol. The molecule has 0 radical (unpaired) electrons. The van der Waals surface area contributed by atoms with Crippen LogP contribution in [0.15, 0.2) is 54.6 Å². The summed E-state index contributed by atoms with van der Waals surface area (Å²) in [5.41, 5.74) is 1.90. The third kappa shape index (κ3) is 4.64. The van der Waals surface area contributed by atoms with Gasteiger partial charge in [0.25, 0.3) is 0 Å². The molecule has 1 aromatic heterocycles.